The maximum Gasteiger partial charge on any atom is 0.146 e. The Morgan fingerprint density at radius 3 is 2.18 bits per heavy atom. The summed E-state index contributed by atoms with van der Waals surface area (Å²) in [6, 6.07) is 52.0. The van der Waals surface area contributed by atoms with Gasteiger partial charge >= 0.3 is 0 Å². The number of para-hydroxylation sites is 3. The first kappa shape index (κ1) is 34.6. The number of hydrogen-bond acceptors (Lipinski definition) is 4. The number of aromatic nitrogens is 5. The van der Waals surface area contributed by atoms with Crippen molar-refractivity contribution >= 4 is 44.0 Å². The van der Waals surface area contributed by atoms with Crippen LogP contribution in [0.3, 0.4) is 0 Å². The van der Waals surface area contributed by atoms with Gasteiger partial charge in [-0.05, 0) is 80.4 Å². The molecule has 5 heterocycles. The first-order valence-electron chi connectivity index (χ1n) is 18.2. The molecule has 0 fully saturated rings. The number of hydrogen-bond donors (Lipinski definition) is 0. The van der Waals surface area contributed by atoms with Crippen LogP contribution in [0.25, 0.3) is 83.7 Å². The molecule has 10 aromatic rings. The molecule has 0 N–H and O–H groups in total. The molecular formula is C48H35IrN5O-2. The second-order valence-electron chi connectivity index (χ2n) is 14.4. The molecule has 1 aliphatic heterocycles. The Labute approximate surface area is 332 Å². The van der Waals surface area contributed by atoms with Crippen LogP contribution >= 0.6 is 0 Å². The molecule has 0 saturated heterocycles. The van der Waals surface area contributed by atoms with E-state index in [4.69, 9.17) is 14.4 Å². The second-order valence-corrected chi connectivity index (χ2v) is 14.4. The quantitative estimate of drug-likeness (QED) is 0.166. The molecule has 6 aromatic carbocycles. The van der Waals surface area contributed by atoms with E-state index in [9.17, 15) is 0 Å². The van der Waals surface area contributed by atoms with Crippen LogP contribution in [0.15, 0.2) is 144 Å². The molecular weight excluding hydrogens is 855 g/mol. The minimum atomic E-state index is -0.265. The number of furan rings is 1. The fourth-order valence-electron chi connectivity index (χ4n) is 8.23. The predicted molar refractivity (Wildman–Crippen MR) is 218 cm³/mol. The first-order valence-corrected chi connectivity index (χ1v) is 18.2. The zero-order chi connectivity index (χ0) is 36.6. The molecule has 55 heavy (non-hydrogen) atoms. The van der Waals surface area contributed by atoms with E-state index in [1.165, 1.54) is 22.3 Å². The molecule has 0 atom stereocenters. The van der Waals surface area contributed by atoms with Gasteiger partial charge in [0.25, 0.3) is 0 Å². The van der Waals surface area contributed by atoms with Crippen molar-refractivity contribution < 1.29 is 24.5 Å². The van der Waals surface area contributed by atoms with E-state index >= 15 is 0 Å². The third-order valence-corrected chi connectivity index (χ3v) is 10.7. The number of benzene rings is 6. The molecule has 269 valence electrons. The molecule has 0 aliphatic carbocycles. The van der Waals surface area contributed by atoms with Crippen molar-refractivity contribution in [3.63, 3.8) is 0 Å². The topological polar surface area (TPSA) is 61.7 Å². The summed E-state index contributed by atoms with van der Waals surface area (Å²) in [6.45, 7) is 8.83. The Bertz CT molecular complexity index is 2990. The molecule has 0 unspecified atom stereocenters. The molecule has 0 saturated carbocycles. The average molecular weight is 890 g/mol. The van der Waals surface area contributed by atoms with Crippen molar-refractivity contribution in [2.75, 3.05) is 0 Å². The summed E-state index contributed by atoms with van der Waals surface area (Å²) in [7, 11) is 0. The summed E-state index contributed by atoms with van der Waals surface area (Å²) in [6.07, 6.45) is 1.79. The van der Waals surface area contributed by atoms with Crippen molar-refractivity contribution in [2.45, 2.75) is 33.2 Å². The molecule has 7 heteroatoms. The average Bonchev–Trinajstić information content (AvgIpc) is 3.95. The SMILES string of the molecule is Cc1cccc(C)c1-n1c(-c2[c-]ccc3c2oc2c3ccc3nc4n(c32)C(C)(C)c2ccccc2-4)nc2ccccc21.[Ir].[c-]1ccccc1-c1ccccn1. The molecule has 11 rings (SSSR count). The molecule has 1 aliphatic rings. The van der Waals surface area contributed by atoms with Crippen molar-refractivity contribution in [3.8, 4) is 39.7 Å². The Balaban J connectivity index is 0.000000261. The van der Waals surface area contributed by atoms with Gasteiger partial charge in [0.15, 0.2) is 0 Å². The first-order chi connectivity index (χ1) is 26.4. The third-order valence-electron chi connectivity index (χ3n) is 10.7. The Morgan fingerprint density at radius 1 is 0.636 bits per heavy atom. The summed E-state index contributed by atoms with van der Waals surface area (Å²) < 4.78 is 11.6. The Kier molecular flexibility index (Phi) is 8.38. The Hall–Kier alpha value is -6.14. The minimum absolute atomic E-state index is 0. The van der Waals surface area contributed by atoms with Crippen LogP contribution in [0.1, 0.15) is 30.5 Å². The summed E-state index contributed by atoms with van der Waals surface area (Å²) in [5.41, 5.74) is 14.1. The summed E-state index contributed by atoms with van der Waals surface area (Å²) in [5.74, 6) is 1.81. The van der Waals surface area contributed by atoms with E-state index in [1.807, 2.05) is 54.6 Å². The van der Waals surface area contributed by atoms with Crippen LogP contribution in [0.2, 0.25) is 0 Å². The maximum absolute atomic E-state index is 6.93. The van der Waals surface area contributed by atoms with Crippen molar-refractivity contribution in [1.29, 1.82) is 0 Å². The fraction of sp³-hybridized carbons (Fsp3) is 0.104. The van der Waals surface area contributed by atoms with Gasteiger partial charge in [0.05, 0.1) is 33.5 Å². The summed E-state index contributed by atoms with van der Waals surface area (Å²) in [5, 5.41) is 2.11. The molecule has 0 amide bonds. The van der Waals surface area contributed by atoms with Crippen molar-refractivity contribution in [1.82, 2.24) is 24.1 Å². The number of fused-ring (bicyclic) bond motifs is 10. The van der Waals surface area contributed by atoms with Crippen LogP contribution in [-0.4, -0.2) is 24.1 Å². The molecule has 0 spiro atoms. The van der Waals surface area contributed by atoms with Crippen LogP contribution in [0.5, 0.6) is 0 Å². The van der Waals surface area contributed by atoms with Crippen LogP contribution in [0, 0.1) is 26.0 Å². The van der Waals surface area contributed by atoms with Gasteiger partial charge in [-0.15, -0.1) is 54.1 Å². The van der Waals surface area contributed by atoms with E-state index < -0.39 is 0 Å². The van der Waals surface area contributed by atoms with Gasteiger partial charge in [-0.25, -0.2) is 4.98 Å². The van der Waals surface area contributed by atoms with E-state index in [-0.39, 0.29) is 25.6 Å². The number of nitrogens with zero attached hydrogens (tertiary/aromatic N) is 5. The fourth-order valence-corrected chi connectivity index (χ4v) is 8.23. The molecule has 0 bridgehead atoms. The normalized spacial score (nSPS) is 12.7. The molecule has 1 radical (unpaired) electrons. The zero-order valence-electron chi connectivity index (χ0n) is 30.8. The number of aryl methyl sites for hydroxylation is 2. The zero-order valence-corrected chi connectivity index (χ0v) is 33.2. The second kappa shape index (κ2) is 13.3. The van der Waals surface area contributed by atoms with Crippen molar-refractivity contribution in [3.05, 3.63) is 168 Å². The van der Waals surface area contributed by atoms with E-state index in [0.29, 0.717) is 0 Å². The van der Waals surface area contributed by atoms with Gasteiger partial charge in [-0.1, -0.05) is 77.7 Å². The van der Waals surface area contributed by atoms with Crippen LogP contribution in [0.4, 0.5) is 0 Å². The van der Waals surface area contributed by atoms with E-state index in [2.05, 4.69) is 133 Å². The van der Waals surface area contributed by atoms with Crippen molar-refractivity contribution in [2.24, 2.45) is 0 Å². The predicted octanol–water partition coefficient (Wildman–Crippen LogP) is 11.7. The van der Waals surface area contributed by atoms with Crippen LogP contribution < -0.4 is 0 Å². The van der Waals surface area contributed by atoms with Gasteiger partial charge in [0, 0.05) is 42.9 Å². The van der Waals surface area contributed by atoms with Gasteiger partial charge in [-0.2, -0.15) is 0 Å². The van der Waals surface area contributed by atoms with E-state index in [1.54, 1.807) is 6.20 Å². The van der Waals surface area contributed by atoms with Gasteiger partial charge in [0.1, 0.15) is 16.9 Å². The monoisotopic (exact) mass is 890 g/mol. The Morgan fingerprint density at radius 2 is 1.38 bits per heavy atom. The van der Waals surface area contributed by atoms with Gasteiger partial charge in [-0.3, -0.25) is 4.98 Å². The standard InChI is InChI=1S/C37H27N4O.C11H8N.Ir/c1-21-11-9-12-22(2)31(21)40-30-18-8-7-17-28(30)38-35(40)26-15-10-14-23-24-19-20-29-32(34(24)42-33(23)26)41-36(39-29)25-13-5-6-16-27(25)37(41,3)4;1-2-6-10(7-3-1)11-8-4-5-9-12-11;/h5-14,16-20H,1-4H3;1-6,8-9H;/q2*-1;. The smallest absolute Gasteiger partial charge is 0.146 e. The van der Waals surface area contributed by atoms with E-state index in [0.717, 1.165) is 78.2 Å². The summed E-state index contributed by atoms with van der Waals surface area (Å²) in [4.78, 5) is 14.5. The summed E-state index contributed by atoms with van der Waals surface area (Å²) >= 11 is 0. The number of pyridine rings is 1. The minimum Gasteiger partial charge on any atom is -0.498 e. The van der Waals surface area contributed by atoms with Gasteiger partial charge < -0.3 is 18.5 Å². The maximum atomic E-state index is 6.93. The largest absolute Gasteiger partial charge is 0.498 e. The van der Waals surface area contributed by atoms with Crippen LogP contribution in [-0.2, 0) is 25.6 Å². The number of rotatable bonds is 3. The molecule has 6 nitrogen and oxygen atoms in total. The van der Waals surface area contributed by atoms with Gasteiger partial charge in [0.2, 0.25) is 0 Å². The third kappa shape index (κ3) is 5.37. The number of imidazole rings is 2. The molecule has 4 aromatic heterocycles.